The largest absolute Gasteiger partial charge is 0.433 e. The number of aliphatic hydroxyl groups is 1. The Labute approximate surface area is 232 Å². The molecule has 1 aliphatic carbocycles. The summed E-state index contributed by atoms with van der Waals surface area (Å²) in [5.41, 5.74) is -1.87. The summed E-state index contributed by atoms with van der Waals surface area (Å²) in [6.07, 6.45) is -3.67. The number of nitrogens with zero attached hydrogens (tertiary/aromatic N) is 1. The van der Waals surface area contributed by atoms with Crippen LogP contribution in [-0.4, -0.2) is 57.9 Å². The number of alkyl halides is 3. The van der Waals surface area contributed by atoms with E-state index in [4.69, 9.17) is 11.6 Å². The zero-order valence-corrected chi connectivity index (χ0v) is 22.0. The summed E-state index contributed by atoms with van der Waals surface area (Å²) >= 11 is 6.08. The Morgan fingerprint density at radius 1 is 1.18 bits per heavy atom. The minimum absolute atomic E-state index is 0.0410. The number of carbonyl (C=O) groups is 4. The first-order chi connectivity index (χ1) is 18.8. The van der Waals surface area contributed by atoms with Gasteiger partial charge in [-0.3, -0.25) is 24.2 Å². The van der Waals surface area contributed by atoms with Gasteiger partial charge in [-0.1, -0.05) is 11.6 Å². The molecule has 2 aliphatic rings. The molecule has 40 heavy (non-hydrogen) atoms. The lowest BCUT2D eigenvalue weighted by Gasteiger charge is -2.26. The Morgan fingerprint density at radius 3 is 2.52 bits per heavy atom. The molecule has 2 heterocycles. The average molecular weight is 582 g/mol. The number of carbonyl (C=O) groups excluding carboxylic acids is 4. The second-order valence-corrected chi connectivity index (χ2v) is 10.4. The van der Waals surface area contributed by atoms with Crippen LogP contribution in [0.4, 0.5) is 18.9 Å². The molecule has 1 saturated heterocycles. The second-order valence-electron chi connectivity index (χ2n) is 9.96. The van der Waals surface area contributed by atoms with E-state index in [1.807, 2.05) is 6.92 Å². The van der Waals surface area contributed by atoms with Gasteiger partial charge in [0, 0.05) is 34.8 Å². The molecule has 1 aromatic carbocycles. The third kappa shape index (κ3) is 7.27. The van der Waals surface area contributed by atoms with Gasteiger partial charge in [-0.25, -0.2) is 0 Å². The molecule has 4 amide bonds. The standard InChI is InChI=1S/C26H27ClF3N5O5/c1-12-8-14(23(38)32-12)9-19(21(36)25(40)33-16-3-4-16)35-24(39)17-11-15(27)2-5-18(17)34-22(37)13-6-7-31-20(10-13)26(28,29)30/h2,5-7,10-12,14,16,19,21,36H,3-4,8-9H2,1H3,(H,32,38)(H,33,40)(H,34,37)(H,35,39)/t12-,14+,19+,21?/m1/s1. The number of halogens is 4. The molecule has 0 radical (unpaired) electrons. The lowest BCUT2D eigenvalue weighted by atomic mass is 9.93. The van der Waals surface area contributed by atoms with Gasteiger partial charge in [0.1, 0.15) is 5.69 Å². The van der Waals surface area contributed by atoms with Crippen LogP contribution >= 0.6 is 11.6 Å². The molecule has 1 unspecified atom stereocenters. The van der Waals surface area contributed by atoms with Gasteiger partial charge in [-0.2, -0.15) is 13.2 Å². The van der Waals surface area contributed by atoms with Crippen LogP contribution < -0.4 is 21.3 Å². The van der Waals surface area contributed by atoms with Gasteiger partial charge in [0.25, 0.3) is 17.7 Å². The zero-order chi connectivity index (χ0) is 29.2. The second kappa shape index (κ2) is 11.8. The van der Waals surface area contributed by atoms with Crippen LogP contribution in [0, 0.1) is 5.92 Å². The first-order valence-corrected chi connectivity index (χ1v) is 12.9. The number of amides is 4. The van der Waals surface area contributed by atoms with Crippen LogP contribution in [0.3, 0.4) is 0 Å². The number of pyridine rings is 1. The van der Waals surface area contributed by atoms with Gasteiger partial charge in [-0.15, -0.1) is 0 Å². The Morgan fingerprint density at radius 2 is 1.90 bits per heavy atom. The van der Waals surface area contributed by atoms with E-state index in [0.717, 1.165) is 25.1 Å². The Balaban J connectivity index is 1.56. The monoisotopic (exact) mass is 581 g/mol. The van der Waals surface area contributed by atoms with E-state index in [-0.39, 0.29) is 46.2 Å². The van der Waals surface area contributed by atoms with E-state index < -0.39 is 47.7 Å². The zero-order valence-electron chi connectivity index (χ0n) is 21.2. The number of rotatable bonds is 9. The maximum absolute atomic E-state index is 13.4. The van der Waals surface area contributed by atoms with Gasteiger partial charge >= 0.3 is 6.18 Å². The van der Waals surface area contributed by atoms with Crippen molar-refractivity contribution in [3.63, 3.8) is 0 Å². The fourth-order valence-electron chi connectivity index (χ4n) is 4.41. The quantitative estimate of drug-likeness (QED) is 0.307. The third-order valence-corrected chi connectivity index (χ3v) is 6.85. The molecule has 10 nitrogen and oxygen atoms in total. The summed E-state index contributed by atoms with van der Waals surface area (Å²) < 4.78 is 39.1. The lowest BCUT2D eigenvalue weighted by molar-refractivity contribution is -0.141. The van der Waals surface area contributed by atoms with Crippen LogP contribution in [-0.2, 0) is 15.8 Å². The van der Waals surface area contributed by atoms with Crippen LogP contribution in [0.25, 0.3) is 0 Å². The minimum Gasteiger partial charge on any atom is -0.381 e. The normalized spacial score (nSPS) is 20.3. The molecule has 1 aliphatic heterocycles. The predicted octanol–water partition coefficient (Wildman–Crippen LogP) is 2.66. The van der Waals surface area contributed by atoms with Crippen molar-refractivity contribution in [2.24, 2.45) is 5.92 Å². The predicted molar refractivity (Wildman–Crippen MR) is 137 cm³/mol. The molecule has 14 heteroatoms. The highest BCUT2D eigenvalue weighted by atomic mass is 35.5. The van der Waals surface area contributed by atoms with Crippen molar-refractivity contribution in [2.45, 2.75) is 63.0 Å². The Kier molecular flexibility index (Phi) is 8.64. The summed E-state index contributed by atoms with van der Waals surface area (Å²) in [5, 5.41) is 21.3. The molecule has 0 spiro atoms. The summed E-state index contributed by atoms with van der Waals surface area (Å²) in [7, 11) is 0. The summed E-state index contributed by atoms with van der Waals surface area (Å²) in [6.45, 7) is 1.81. The van der Waals surface area contributed by atoms with Crippen molar-refractivity contribution in [2.75, 3.05) is 5.32 Å². The molecule has 5 N–H and O–H groups in total. The molecule has 4 atom stereocenters. The number of benzene rings is 1. The topological polar surface area (TPSA) is 150 Å². The van der Waals surface area contributed by atoms with Crippen molar-refractivity contribution >= 4 is 40.9 Å². The lowest BCUT2D eigenvalue weighted by Crippen LogP contribution is -2.52. The van der Waals surface area contributed by atoms with Crippen molar-refractivity contribution in [3.05, 3.63) is 58.4 Å². The summed E-state index contributed by atoms with van der Waals surface area (Å²) in [5.74, 6) is -3.32. The molecular weight excluding hydrogens is 555 g/mol. The first kappa shape index (κ1) is 29.3. The van der Waals surface area contributed by atoms with Gasteiger partial charge in [0.15, 0.2) is 6.10 Å². The van der Waals surface area contributed by atoms with Gasteiger partial charge in [0.05, 0.1) is 17.3 Å². The maximum Gasteiger partial charge on any atom is 0.433 e. The van der Waals surface area contributed by atoms with E-state index in [9.17, 15) is 37.5 Å². The fraction of sp³-hybridized carbons (Fsp3) is 0.423. The van der Waals surface area contributed by atoms with Gasteiger partial charge in [0.2, 0.25) is 5.91 Å². The van der Waals surface area contributed by atoms with Crippen molar-refractivity contribution in [1.29, 1.82) is 0 Å². The number of hydrogen-bond acceptors (Lipinski definition) is 6. The van der Waals surface area contributed by atoms with Crippen molar-refractivity contribution in [1.82, 2.24) is 20.9 Å². The smallest absolute Gasteiger partial charge is 0.381 e. The number of anilines is 1. The number of aromatic nitrogens is 1. The van der Waals surface area contributed by atoms with E-state index in [0.29, 0.717) is 12.5 Å². The molecule has 1 saturated carbocycles. The highest BCUT2D eigenvalue weighted by Gasteiger charge is 2.38. The molecule has 1 aromatic heterocycles. The van der Waals surface area contributed by atoms with Gasteiger partial charge in [-0.05, 0) is 62.9 Å². The highest BCUT2D eigenvalue weighted by molar-refractivity contribution is 6.31. The molecular formula is C26H27ClF3N5O5. The van der Waals surface area contributed by atoms with E-state index in [1.165, 1.54) is 18.2 Å². The van der Waals surface area contributed by atoms with Crippen LogP contribution in [0.15, 0.2) is 36.5 Å². The van der Waals surface area contributed by atoms with Crippen molar-refractivity contribution < 1.29 is 37.5 Å². The third-order valence-electron chi connectivity index (χ3n) is 6.61. The molecule has 214 valence electrons. The van der Waals surface area contributed by atoms with Crippen LogP contribution in [0.2, 0.25) is 5.02 Å². The number of hydrogen-bond donors (Lipinski definition) is 5. The number of aliphatic hydroxyl groups excluding tert-OH is 1. The highest BCUT2D eigenvalue weighted by Crippen LogP contribution is 2.29. The van der Waals surface area contributed by atoms with E-state index >= 15 is 0 Å². The Bertz CT molecular complexity index is 1320. The Hall–Kier alpha value is -3.71. The molecule has 2 aromatic rings. The maximum atomic E-state index is 13.4. The number of nitrogens with one attached hydrogen (secondary N) is 4. The average Bonchev–Trinajstić information content (AvgIpc) is 3.65. The summed E-state index contributed by atoms with van der Waals surface area (Å²) in [6, 6.07) is 4.17. The molecule has 2 fully saturated rings. The SMILES string of the molecule is C[C@@H]1C[C@@H](C[C@H](NC(=O)c2cc(Cl)ccc2NC(=O)c2ccnc(C(F)(F)F)c2)C(O)C(=O)NC2CC2)C(=O)N1. The first-order valence-electron chi connectivity index (χ1n) is 12.6. The van der Waals surface area contributed by atoms with E-state index in [2.05, 4.69) is 26.3 Å². The molecule has 4 rings (SSSR count). The van der Waals surface area contributed by atoms with Crippen LogP contribution in [0.5, 0.6) is 0 Å². The summed E-state index contributed by atoms with van der Waals surface area (Å²) in [4.78, 5) is 54.4. The van der Waals surface area contributed by atoms with E-state index in [1.54, 1.807) is 0 Å². The molecule has 0 bridgehead atoms. The van der Waals surface area contributed by atoms with Gasteiger partial charge < -0.3 is 26.4 Å². The fourth-order valence-corrected chi connectivity index (χ4v) is 4.58. The minimum atomic E-state index is -4.77. The van der Waals surface area contributed by atoms with Crippen LogP contribution in [0.1, 0.15) is 59.0 Å². The van der Waals surface area contributed by atoms with Crippen molar-refractivity contribution in [3.8, 4) is 0 Å².